The van der Waals surface area contributed by atoms with Gasteiger partial charge in [0, 0.05) is 18.6 Å². The van der Waals surface area contributed by atoms with E-state index in [4.69, 9.17) is 9.84 Å². The van der Waals surface area contributed by atoms with Crippen LogP contribution in [-0.4, -0.2) is 22.6 Å². The van der Waals surface area contributed by atoms with Crippen LogP contribution in [0.5, 0.6) is 5.75 Å². The fourth-order valence-electron chi connectivity index (χ4n) is 1.69. The molecule has 114 valence electrons. The summed E-state index contributed by atoms with van der Waals surface area (Å²) in [6, 6.07) is 5.94. The third kappa shape index (κ3) is 7.10. The molecule has 0 aromatic heterocycles. The van der Waals surface area contributed by atoms with Gasteiger partial charge in [0.2, 0.25) is 0 Å². The number of nitrogens with zero attached hydrogens (tertiary/aromatic N) is 1. The molecule has 21 heavy (non-hydrogen) atoms. The van der Waals surface area contributed by atoms with Gasteiger partial charge in [0.15, 0.2) is 0 Å². The molecule has 0 aliphatic carbocycles. The molecule has 6 nitrogen and oxygen atoms in total. The summed E-state index contributed by atoms with van der Waals surface area (Å²) in [5.74, 6) is -0.184. The second-order valence-electron chi connectivity index (χ2n) is 4.73. The van der Waals surface area contributed by atoms with Gasteiger partial charge >= 0.3 is 5.97 Å². The molecule has 0 bridgehead atoms. The Morgan fingerprint density at radius 2 is 2.00 bits per heavy atom. The van der Waals surface area contributed by atoms with E-state index >= 15 is 0 Å². The van der Waals surface area contributed by atoms with Crippen molar-refractivity contribution in [2.24, 2.45) is 0 Å². The van der Waals surface area contributed by atoms with E-state index in [0.29, 0.717) is 18.8 Å². The number of carboxylic acid groups (broad SMARTS) is 1. The third-order valence-electron chi connectivity index (χ3n) is 2.85. The van der Waals surface area contributed by atoms with Gasteiger partial charge in [-0.05, 0) is 43.9 Å². The highest BCUT2D eigenvalue weighted by molar-refractivity contribution is 5.66. The van der Waals surface area contributed by atoms with Crippen LogP contribution in [0.4, 0.5) is 5.69 Å². The van der Waals surface area contributed by atoms with Crippen molar-refractivity contribution < 1.29 is 19.6 Å². The number of aliphatic carboxylic acids is 1. The Kier molecular flexibility index (Phi) is 6.94. The Hall–Kier alpha value is -2.37. The van der Waals surface area contributed by atoms with E-state index in [0.717, 1.165) is 18.4 Å². The zero-order chi connectivity index (χ0) is 15.7. The van der Waals surface area contributed by atoms with Crippen molar-refractivity contribution in [1.82, 2.24) is 0 Å². The molecule has 6 heteroatoms. The summed E-state index contributed by atoms with van der Waals surface area (Å²) < 4.78 is 5.51. The lowest BCUT2D eigenvalue weighted by Crippen LogP contribution is -1.99. The van der Waals surface area contributed by atoms with Gasteiger partial charge in [-0.3, -0.25) is 14.9 Å². The number of allylic oxidation sites excluding steroid dienone is 1. The van der Waals surface area contributed by atoms with Crippen LogP contribution in [0.2, 0.25) is 0 Å². The number of ether oxygens (including phenoxy) is 1. The second kappa shape index (κ2) is 8.73. The van der Waals surface area contributed by atoms with Crippen molar-refractivity contribution in [3.8, 4) is 5.75 Å². The molecule has 1 aromatic carbocycles. The molecule has 1 N–H and O–H groups in total. The van der Waals surface area contributed by atoms with Crippen LogP contribution in [-0.2, 0) is 4.79 Å². The summed E-state index contributed by atoms with van der Waals surface area (Å²) >= 11 is 0. The van der Waals surface area contributed by atoms with Crippen LogP contribution in [0, 0.1) is 10.1 Å². The average molecular weight is 293 g/mol. The maximum Gasteiger partial charge on any atom is 0.303 e. The molecule has 1 aromatic rings. The Balaban J connectivity index is 2.30. The van der Waals surface area contributed by atoms with E-state index in [9.17, 15) is 14.9 Å². The third-order valence-corrected chi connectivity index (χ3v) is 2.85. The zero-order valence-corrected chi connectivity index (χ0v) is 11.9. The highest BCUT2D eigenvalue weighted by Gasteiger charge is 2.04. The summed E-state index contributed by atoms with van der Waals surface area (Å²) in [7, 11) is 0. The molecular weight excluding hydrogens is 274 g/mol. The summed E-state index contributed by atoms with van der Waals surface area (Å²) in [4.78, 5) is 20.4. The van der Waals surface area contributed by atoms with Crippen LogP contribution in [0.1, 0.15) is 32.6 Å². The standard InChI is InChI=1S/C15H19NO5/c1-12(5-3-2-4-6-15(17)18)11-21-14-9-7-13(8-10-14)16(19)20/h5,7-10H,2-4,6,11H2,1H3,(H,17,18). The Morgan fingerprint density at radius 3 is 2.57 bits per heavy atom. The average Bonchev–Trinajstić information content (AvgIpc) is 2.44. The van der Waals surface area contributed by atoms with Gasteiger partial charge in [0.05, 0.1) is 4.92 Å². The van der Waals surface area contributed by atoms with Crippen LogP contribution >= 0.6 is 0 Å². The Bertz CT molecular complexity index is 507. The number of hydrogen-bond donors (Lipinski definition) is 1. The molecule has 0 aliphatic heterocycles. The van der Waals surface area contributed by atoms with Gasteiger partial charge in [-0.1, -0.05) is 6.08 Å². The van der Waals surface area contributed by atoms with Gasteiger partial charge < -0.3 is 9.84 Å². The van der Waals surface area contributed by atoms with Crippen LogP contribution in [0.25, 0.3) is 0 Å². The van der Waals surface area contributed by atoms with E-state index < -0.39 is 10.9 Å². The van der Waals surface area contributed by atoms with Crippen molar-refractivity contribution in [3.05, 3.63) is 46.0 Å². The van der Waals surface area contributed by atoms with Gasteiger partial charge in [0.25, 0.3) is 5.69 Å². The minimum atomic E-state index is -0.766. The lowest BCUT2D eigenvalue weighted by atomic mass is 10.1. The predicted octanol–water partition coefficient (Wildman–Crippen LogP) is 3.56. The van der Waals surface area contributed by atoms with E-state index in [2.05, 4.69) is 0 Å². The van der Waals surface area contributed by atoms with Crippen molar-refractivity contribution >= 4 is 11.7 Å². The minimum absolute atomic E-state index is 0.0352. The first kappa shape index (κ1) is 16.7. The number of nitro groups is 1. The number of non-ortho nitro benzene ring substituents is 1. The van der Waals surface area contributed by atoms with E-state index in [-0.39, 0.29) is 12.1 Å². The highest BCUT2D eigenvalue weighted by atomic mass is 16.6. The van der Waals surface area contributed by atoms with Crippen LogP contribution in [0.3, 0.4) is 0 Å². The summed E-state index contributed by atoms with van der Waals surface area (Å²) in [5, 5.41) is 19.0. The number of rotatable bonds is 9. The number of benzene rings is 1. The van der Waals surface area contributed by atoms with Crippen molar-refractivity contribution in [2.75, 3.05) is 6.61 Å². The molecule has 0 amide bonds. The molecular formula is C15H19NO5. The fourth-order valence-corrected chi connectivity index (χ4v) is 1.69. The lowest BCUT2D eigenvalue weighted by molar-refractivity contribution is -0.384. The fraction of sp³-hybridized carbons (Fsp3) is 0.400. The Morgan fingerprint density at radius 1 is 1.33 bits per heavy atom. The number of unbranched alkanes of at least 4 members (excludes halogenated alkanes) is 2. The SMILES string of the molecule is CC(=CCCCCC(=O)O)COc1ccc([N+](=O)[O-])cc1. The first-order chi connectivity index (χ1) is 9.99. The summed E-state index contributed by atoms with van der Waals surface area (Å²) in [6.07, 6.45) is 4.55. The molecule has 0 spiro atoms. The lowest BCUT2D eigenvalue weighted by Gasteiger charge is -2.06. The Labute approximate surface area is 123 Å². The second-order valence-corrected chi connectivity index (χ2v) is 4.73. The smallest absolute Gasteiger partial charge is 0.303 e. The number of nitro benzene ring substituents is 1. The normalized spacial score (nSPS) is 11.2. The number of hydrogen-bond acceptors (Lipinski definition) is 4. The molecule has 0 saturated heterocycles. The monoisotopic (exact) mass is 293 g/mol. The van der Waals surface area contributed by atoms with Crippen LogP contribution < -0.4 is 4.74 Å². The van der Waals surface area contributed by atoms with Crippen molar-refractivity contribution in [2.45, 2.75) is 32.6 Å². The zero-order valence-electron chi connectivity index (χ0n) is 11.9. The first-order valence-electron chi connectivity index (χ1n) is 6.73. The molecule has 0 fully saturated rings. The first-order valence-corrected chi connectivity index (χ1v) is 6.73. The molecule has 0 unspecified atom stereocenters. The largest absolute Gasteiger partial charge is 0.489 e. The molecule has 0 aliphatic rings. The van der Waals surface area contributed by atoms with E-state index in [1.807, 2.05) is 13.0 Å². The van der Waals surface area contributed by atoms with Crippen molar-refractivity contribution in [3.63, 3.8) is 0 Å². The number of carboxylic acids is 1. The van der Waals surface area contributed by atoms with Crippen molar-refractivity contribution in [1.29, 1.82) is 0 Å². The molecule has 0 saturated carbocycles. The quantitative estimate of drug-likeness (QED) is 0.325. The summed E-state index contributed by atoms with van der Waals surface area (Å²) in [6.45, 7) is 2.35. The van der Waals surface area contributed by atoms with Gasteiger partial charge in [-0.15, -0.1) is 0 Å². The van der Waals surface area contributed by atoms with Gasteiger partial charge in [-0.25, -0.2) is 0 Å². The van der Waals surface area contributed by atoms with Crippen LogP contribution in [0.15, 0.2) is 35.9 Å². The predicted molar refractivity (Wildman–Crippen MR) is 78.5 cm³/mol. The van der Waals surface area contributed by atoms with E-state index in [1.165, 1.54) is 12.1 Å². The maximum atomic E-state index is 10.5. The highest BCUT2D eigenvalue weighted by Crippen LogP contribution is 2.17. The van der Waals surface area contributed by atoms with Gasteiger partial charge in [-0.2, -0.15) is 0 Å². The molecule has 0 atom stereocenters. The van der Waals surface area contributed by atoms with E-state index in [1.54, 1.807) is 12.1 Å². The molecule has 0 heterocycles. The van der Waals surface area contributed by atoms with Gasteiger partial charge in [0.1, 0.15) is 12.4 Å². The number of carbonyl (C=O) groups is 1. The summed E-state index contributed by atoms with van der Waals surface area (Å²) in [5.41, 5.74) is 1.08. The molecule has 0 radical (unpaired) electrons. The molecule has 1 rings (SSSR count). The maximum absolute atomic E-state index is 10.5. The minimum Gasteiger partial charge on any atom is -0.489 e. The topological polar surface area (TPSA) is 89.7 Å².